The number of fused-ring (bicyclic) bond motifs is 1. The van der Waals surface area contributed by atoms with Gasteiger partial charge in [-0.15, -0.1) is 0 Å². The third-order valence-corrected chi connectivity index (χ3v) is 6.22. The second-order valence-corrected chi connectivity index (χ2v) is 8.42. The Balaban J connectivity index is 1.43. The molecule has 2 aliphatic heterocycles. The van der Waals surface area contributed by atoms with Gasteiger partial charge in [-0.1, -0.05) is 6.07 Å². The largest absolute Gasteiger partial charge is 0.497 e. The van der Waals surface area contributed by atoms with Gasteiger partial charge in [-0.05, 0) is 43.5 Å². The van der Waals surface area contributed by atoms with Gasteiger partial charge < -0.3 is 19.9 Å². The molecule has 0 unspecified atom stereocenters. The molecule has 1 N–H and O–H groups in total. The molecule has 0 atom stereocenters. The molecule has 0 spiro atoms. The first kappa shape index (κ1) is 21.2. The number of hydrogen-bond donors (Lipinski definition) is 1. The fraction of sp³-hybridized carbons (Fsp3) is 0.360. The van der Waals surface area contributed by atoms with Gasteiger partial charge in [0.25, 0.3) is 0 Å². The molecule has 1 aromatic carbocycles. The fourth-order valence-corrected chi connectivity index (χ4v) is 4.46. The quantitative estimate of drug-likeness (QED) is 0.652. The number of nitrogens with zero attached hydrogens (tertiary/aromatic N) is 5. The maximum Gasteiger partial charge on any atom is 0.322 e. The van der Waals surface area contributed by atoms with Crippen LogP contribution in [0.1, 0.15) is 30.5 Å². The third-order valence-electron chi connectivity index (χ3n) is 6.22. The first-order valence-corrected chi connectivity index (χ1v) is 11.5. The van der Waals surface area contributed by atoms with Gasteiger partial charge in [-0.3, -0.25) is 4.98 Å². The van der Waals surface area contributed by atoms with E-state index in [-0.39, 0.29) is 6.03 Å². The van der Waals surface area contributed by atoms with Gasteiger partial charge in [0.2, 0.25) is 0 Å². The predicted molar refractivity (Wildman–Crippen MR) is 127 cm³/mol. The first-order valence-electron chi connectivity index (χ1n) is 11.5. The first-order chi connectivity index (χ1) is 16.2. The number of methoxy groups -OCH3 is 1. The molecule has 5 rings (SSSR count). The maximum atomic E-state index is 13.1. The molecular weight excluding hydrogens is 416 g/mol. The minimum Gasteiger partial charge on any atom is -0.497 e. The lowest BCUT2D eigenvalue weighted by atomic mass is 10.0. The minimum absolute atomic E-state index is 0.130. The number of rotatable bonds is 4. The van der Waals surface area contributed by atoms with Crippen LogP contribution in [0.4, 0.5) is 16.3 Å². The molecule has 170 valence electrons. The van der Waals surface area contributed by atoms with Crippen LogP contribution in [0.5, 0.6) is 5.75 Å². The van der Waals surface area contributed by atoms with E-state index in [1.165, 1.54) is 6.42 Å². The number of carbonyl (C=O) groups excluding carboxylic acids is 1. The molecule has 8 nitrogen and oxygen atoms in total. The summed E-state index contributed by atoms with van der Waals surface area (Å²) >= 11 is 0. The number of urea groups is 1. The van der Waals surface area contributed by atoms with Crippen molar-refractivity contribution in [3.8, 4) is 17.1 Å². The molecule has 0 bridgehead atoms. The Kier molecular flexibility index (Phi) is 6.06. The summed E-state index contributed by atoms with van der Waals surface area (Å²) in [6.45, 7) is 3.05. The van der Waals surface area contributed by atoms with Crippen molar-refractivity contribution >= 4 is 17.5 Å². The molecule has 2 amide bonds. The summed E-state index contributed by atoms with van der Waals surface area (Å²) in [6, 6.07) is 11.2. The molecule has 4 heterocycles. The molecule has 2 aromatic heterocycles. The molecule has 8 heteroatoms. The molecule has 0 aliphatic carbocycles. The van der Waals surface area contributed by atoms with Crippen molar-refractivity contribution in [3.05, 3.63) is 60.0 Å². The zero-order valence-corrected chi connectivity index (χ0v) is 18.8. The van der Waals surface area contributed by atoms with Crippen LogP contribution in [0.15, 0.2) is 48.8 Å². The Hall–Kier alpha value is -3.68. The van der Waals surface area contributed by atoms with Crippen LogP contribution in [0.25, 0.3) is 11.4 Å². The number of hydrogen-bond acceptors (Lipinski definition) is 6. The Morgan fingerprint density at radius 1 is 1.06 bits per heavy atom. The van der Waals surface area contributed by atoms with E-state index in [1.807, 2.05) is 41.3 Å². The minimum atomic E-state index is -0.130. The summed E-state index contributed by atoms with van der Waals surface area (Å²) in [5, 5.41) is 3.00. The number of carbonyl (C=O) groups is 1. The zero-order valence-electron chi connectivity index (χ0n) is 18.8. The van der Waals surface area contributed by atoms with Crippen LogP contribution in [-0.4, -0.2) is 52.6 Å². The summed E-state index contributed by atoms with van der Waals surface area (Å²) in [5.74, 6) is 2.37. The van der Waals surface area contributed by atoms with E-state index in [9.17, 15) is 4.79 Å². The highest BCUT2D eigenvalue weighted by atomic mass is 16.5. The highest BCUT2D eigenvalue weighted by Crippen LogP contribution is 2.31. The lowest BCUT2D eigenvalue weighted by Gasteiger charge is -2.34. The number of pyridine rings is 1. The van der Waals surface area contributed by atoms with E-state index >= 15 is 0 Å². The number of nitrogens with one attached hydrogen (secondary N) is 1. The molecule has 0 radical (unpaired) electrons. The molecule has 2 aliphatic rings. The topological polar surface area (TPSA) is 83.5 Å². The zero-order chi connectivity index (χ0) is 22.6. The van der Waals surface area contributed by atoms with Gasteiger partial charge in [-0.25, -0.2) is 14.8 Å². The van der Waals surface area contributed by atoms with Gasteiger partial charge in [0.05, 0.1) is 19.3 Å². The van der Waals surface area contributed by atoms with Crippen LogP contribution in [0.2, 0.25) is 0 Å². The summed E-state index contributed by atoms with van der Waals surface area (Å²) in [4.78, 5) is 31.4. The number of piperidine rings is 1. The van der Waals surface area contributed by atoms with E-state index in [0.29, 0.717) is 36.8 Å². The van der Waals surface area contributed by atoms with Crippen LogP contribution in [-0.2, 0) is 13.0 Å². The third kappa shape index (κ3) is 4.60. The van der Waals surface area contributed by atoms with Crippen LogP contribution in [0, 0.1) is 0 Å². The Morgan fingerprint density at radius 3 is 2.73 bits per heavy atom. The normalized spacial score (nSPS) is 15.7. The van der Waals surface area contributed by atoms with E-state index in [0.717, 1.165) is 48.6 Å². The lowest BCUT2D eigenvalue weighted by molar-refractivity contribution is 0.206. The summed E-state index contributed by atoms with van der Waals surface area (Å²) in [6.07, 6.45) is 7.80. The van der Waals surface area contributed by atoms with Gasteiger partial charge in [-0.2, -0.15) is 0 Å². The van der Waals surface area contributed by atoms with Crippen molar-refractivity contribution in [2.24, 2.45) is 0 Å². The second-order valence-electron chi connectivity index (χ2n) is 8.42. The Bertz CT molecular complexity index is 1130. The molecule has 33 heavy (non-hydrogen) atoms. The highest BCUT2D eigenvalue weighted by Gasteiger charge is 2.28. The summed E-state index contributed by atoms with van der Waals surface area (Å²) < 4.78 is 5.27. The molecular formula is C25H28N6O2. The standard InChI is InChI=1S/C25H28N6O2/c1-33-20-9-5-8-19(15-20)27-25(32)31-14-10-22-21(17-31)24(30-12-3-2-4-13-30)29-23(28-22)18-7-6-11-26-16-18/h5-9,11,15-16H,2-4,10,12-14,17H2,1H3,(H,27,32). The lowest BCUT2D eigenvalue weighted by Crippen LogP contribution is -2.41. The number of ether oxygens (including phenoxy) is 1. The number of benzene rings is 1. The van der Waals surface area contributed by atoms with Crippen LogP contribution >= 0.6 is 0 Å². The van der Waals surface area contributed by atoms with E-state index < -0.39 is 0 Å². The summed E-state index contributed by atoms with van der Waals surface area (Å²) in [5.41, 5.74) is 3.70. The van der Waals surface area contributed by atoms with Crippen LogP contribution in [0.3, 0.4) is 0 Å². The average Bonchev–Trinajstić information content (AvgIpc) is 2.89. The van der Waals surface area contributed by atoms with E-state index in [4.69, 9.17) is 14.7 Å². The Labute approximate surface area is 193 Å². The maximum absolute atomic E-state index is 13.1. The Morgan fingerprint density at radius 2 is 1.94 bits per heavy atom. The molecule has 3 aromatic rings. The number of amides is 2. The predicted octanol–water partition coefficient (Wildman–Crippen LogP) is 4.13. The monoisotopic (exact) mass is 444 g/mol. The molecule has 0 saturated carbocycles. The van der Waals surface area contributed by atoms with Gasteiger partial charge >= 0.3 is 6.03 Å². The second kappa shape index (κ2) is 9.44. The van der Waals surface area contributed by atoms with E-state index in [1.54, 1.807) is 19.5 Å². The highest BCUT2D eigenvalue weighted by molar-refractivity contribution is 5.89. The molecule has 1 saturated heterocycles. The van der Waals surface area contributed by atoms with E-state index in [2.05, 4.69) is 15.2 Å². The fourth-order valence-electron chi connectivity index (χ4n) is 4.46. The van der Waals surface area contributed by atoms with Crippen molar-refractivity contribution < 1.29 is 9.53 Å². The smallest absolute Gasteiger partial charge is 0.322 e. The van der Waals surface area contributed by atoms with Crippen LogP contribution < -0.4 is 15.0 Å². The summed E-state index contributed by atoms with van der Waals surface area (Å²) in [7, 11) is 1.62. The van der Waals surface area contributed by atoms with Gasteiger partial charge in [0.1, 0.15) is 11.6 Å². The molecule has 1 fully saturated rings. The number of aromatic nitrogens is 3. The van der Waals surface area contributed by atoms with Gasteiger partial charge in [0, 0.05) is 61.3 Å². The van der Waals surface area contributed by atoms with Crippen molar-refractivity contribution in [2.45, 2.75) is 32.2 Å². The van der Waals surface area contributed by atoms with Crippen molar-refractivity contribution in [3.63, 3.8) is 0 Å². The van der Waals surface area contributed by atoms with Crippen molar-refractivity contribution in [2.75, 3.05) is 37.0 Å². The van der Waals surface area contributed by atoms with Crippen molar-refractivity contribution in [1.29, 1.82) is 0 Å². The van der Waals surface area contributed by atoms with Crippen molar-refractivity contribution in [1.82, 2.24) is 19.9 Å². The SMILES string of the molecule is COc1cccc(NC(=O)N2CCc3nc(-c4cccnc4)nc(N4CCCCC4)c3C2)c1. The van der Waals surface area contributed by atoms with Gasteiger partial charge in [0.15, 0.2) is 5.82 Å². The number of anilines is 2. The average molecular weight is 445 g/mol.